The summed E-state index contributed by atoms with van der Waals surface area (Å²) in [6.45, 7) is 4.16. The summed E-state index contributed by atoms with van der Waals surface area (Å²) in [6.07, 6.45) is 7.49. The number of fused-ring (bicyclic) bond motifs is 1. The van der Waals surface area contributed by atoms with E-state index in [0.29, 0.717) is 11.3 Å². The first-order chi connectivity index (χ1) is 15.1. The second kappa shape index (κ2) is 9.50. The molecule has 3 rings (SSSR count). The third-order valence-electron chi connectivity index (χ3n) is 5.38. The molecule has 1 aliphatic heterocycles. The van der Waals surface area contributed by atoms with Crippen LogP contribution in [-0.2, 0) is 15.5 Å². The van der Waals surface area contributed by atoms with E-state index >= 15 is 0 Å². The zero-order chi connectivity index (χ0) is 23.4. The first-order valence-electron chi connectivity index (χ1n) is 10.2. The summed E-state index contributed by atoms with van der Waals surface area (Å²) in [6, 6.07) is 14.7. The minimum atomic E-state index is -4.33. The molecule has 0 aliphatic carbocycles. The highest BCUT2D eigenvalue weighted by atomic mass is 32.2. The van der Waals surface area contributed by atoms with E-state index < -0.39 is 27.3 Å². The van der Waals surface area contributed by atoms with E-state index in [9.17, 15) is 22.9 Å². The Bertz CT molecular complexity index is 1200. The van der Waals surface area contributed by atoms with Crippen molar-refractivity contribution in [1.29, 1.82) is 0 Å². The first-order valence-corrected chi connectivity index (χ1v) is 11.8. The molecule has 0 aromatic heterocycles. The summed E-state index contributed by atoms with van der Waals surface area (Å²) in [4.78, 5) is 11.9. The molecule has 0 bridgehead atoms. The Hall–Kier alpha value is -3.23. The highest BCUT2D eigenvalue weighted by Crippen LogP contribution is 2.42. The van der Waals surface area contributed by atoms with E-state index in [-0.39, 0.29) is 18.5 Å². The van der Waals surface area contributed by atoms with Gasteiger partial charge in [-0.1, -0.05) is 30.3 Å². The molecule has 1 aliphatic rings. The zero-order valence-corrected chi connectivity index (χ0v) is 18.8. The number of carboxylic acid groups (broad SMARTS) is 1. The molecule has 2 aromatic carbocycles. The number of anilines is 1. The van der Waals surface area contributed by atoms with Crippen LogP contribution in [0.4, 0.5) is 11.4 Å². The van der Waals surface area contributed by atoms with Gasteiger partial charge in [-0.15, -0.1) is 0 Å². The Labute approximate surface area is 188 Å². The number of hydrogen-bond donors (Lipinski definition) is 2. The molecule has 0 spiro atoms. The van der Waals surface area contributed by atoms with Crippen molar-refractivity contribution in [3.63, 3.8) is 0 Å². The maximum absolute atomic E-state index is 11.9. The predicted octanol–water partition coefficient (Wildman–Crippen LogP) is 3.88. The number of nitrogens with zero attached hydrogens (tertiary/aromatic N) is 1. The van der Waals surface area contributed by atoms with Crippen molar-refractivity contribution in [1.82, 2.24) is 0 Å². The molecule has 0 amide bonds. The van der Waals surface area contributed by atoms with E-state index in [2.05, 4.69) is 5.32 Å². The number of carboxylic acids is 1. The average molecular weight is 455 g/mol. The third-order valence-corrected chi connectivity index (χ3v) is 6.17. The van der Waals surface area contributed by atoms with E-state index in [4.69, 9.17) is 0 Å². The molecule has 32 heavy (non-hydrogen) atoms. The largest absolute Gasteiger partial charge is 0.748 e. The first kappa shape index (κ1) is 23.4. The van der Waals surface area contributed by atoms with Gasteiger partial charge in [-0.05, 0) is 38.1 Å². The van der Waals surface area contributed by atoms with E-state index in [0.717, 1.165) is 11.4 Å². The number of hydrogen-bond acceptors (Lipinski definition) is 5. The van der Waals surface area contributed by atoms with Crippen molar-refractivity contribution in [2.45, 2.75) is 25.7 Å². The standard InChI is InChI=1S/C24H26N2O5S/c1-24(2)21(14-6-7-15-25-18-10-4-3-5-11-18)26(16-9-17-32(29,30)31)20-13-8-12-19(22(20)24)23(27)28/h3-8,10-15H,9,16-17H2,1-2H3,(H2,27,28,29,30,31). The van der Waals surface area contributed by atoms with E-state index in [1.807, 2.05) is 73.0 Å². The molecule has 168 valence electrons. The number of rotatable bonds is 9. The van der Waals surface area contributed by atoms with Crippen LogP contribution in [-0.4, -0.2) is 46.6 Å². The lowest BCUT2D eigenvalue weighted by Crippen LogP contribution is -2.29. The number of carbonyl (C=O) groups is 1. The molecular weight excluding hydrogens is 428 g/mol. The highest BCUT2D eigenvalue weighted by Gasteiger charge is 2.46. The van der Waals surface area contributed by atoms with Crippen LogP contribution in [0.15, 0.2) is 73.0 Å². The molecule has 2 aromatic rings. The van der Waals surface area contributed by atoms with Crippen LogP contribution in [0.5, 0.6) is 0 Å². The normalized spacial score (nSPS) is 15.5. The smallest absolute Gasteiger partial charge is 0.336 e. The van der Waals surface area contributed by atoms with Gasteiger partial charge in [0, 0.05) is 36.2 Å². The molecule has 2 N–H and O–H groups in total. The minimum Gasteiger partial charge on any atom is -0.748 e. The van der Waals surface area contributed by atoms with Gasteiger partial charge in [0.15, 0.2) is 5.71 Å². The van der Waals surface area contributed by atoms with Crippen LogP contribution in [0.1, 0.15) is 36.2 Å². The minimum absolute atomic E-state index is 0.140. The Morgan fingerprint density at radius 1 is 1.12 bits per heavy atom. The van der Waals surface area contributed by atoms with Crippen molar-refractivity contribution in [3.8, 4) is 0 Å². The van der Waals surface area contributed by atoms with Crippen molar-refractivity contribution < 1.29 is 27.4 Å². The number of allylic oxidation sites excluding steroid dienone is 3. The number of aromatic carboxylic acids is 1. The van der Waals surface area contributed by atoms with Crippen LogP contribution in [0.2, 0.25) is 0 Å². The molecule has 7 nitrogen and oxygen atoms in total. The van der Waals surface area contributed by atoms with Crippen LogP contribution in [0.3, 0.4) is 0 Å². The lowest BCUT2D eigenvalue weighted by Gasteiger charge is -2.17. The van der Waals surface area contributed by atoms with Crippen LogP contribution < -0.4 is 5.32 Å². The van der Waals surface area contributed by atoms with Gasteiger partial charge >= 0.3 is 5.97 Å². The van der Waals surface area contributed by atoms with Crippen molar-refractivity contribution in [2.24, 2.45) is 0 Å². The molecule has 0 saturated carbocycles. The second-order valence-electron chi connectivity index (χ2n) is 8.01. The fourth-order valence-electron chi connectivity index (χ4n) is 4.01. The Balaban J connectivity index is 1.93. The Morgan fingerprint density at radius 2 is 1.84 bits per heavy atom. The molecule has 8 heteroatoms. The zero-order valence-electron chi connectivity index (χ0n) is 18.0. The van der Waals surface area contributed by atoms with Crippen LogP contribution in [0.25, 0.3) is 0 Å². The van der Waals surface area contributed by atoms with Gasteiger partial charge in [0.1, 0.15) is 6.54 Å². The fraction of sp³-hybridized carbons (Fsp3) is 0.250. The molecular formula is C24H26N2O5S. The predicted molar refractivity (Wildman–Crippen MR) is 124 cm³/mol. The fourth-order valence-corrected chi connectivity index (χ4v) is 4.50. The number of benzene rings is 2. The highest BCUT2D eigenvalue weighted by molar-refractivity contribution is 7.85. The van der Waals surface area contributed by atoms with Gasteiger partial charge in [-0.25, -0.2) is 13.2 Å². The van der Waals surface area contributed by atoms with Crippen LogP contribution >= 0.6 is 0 Å². The molecule has 0 saturated heterocycles. The van der Waals surface area contributed by atoms with E-state index in [1.165, 1.54) is 0 Å². The Kier molecular flexibility index (Phi) is 6.96. The summed E-state index contributed by atoms with van der Waals surface area (Å²) >= 11 is 0. The molecule has 0 fully saturated rings. The topological polar surface area (TPSA) is 110 Å². The maximum atomic E-state index is 11.9. The van der Waals surface area contributed by atoms with Crippen molar-refractivity contribution in [2.75, 3.05) is 17.6 Å². The third kappa shape index (κ3) is 5.33. The average Bonchev–Trinajstić information content (AvgIpc) is 2.94. The van der Waals surface area contributed by atoms with Gasteiger partial charge < -0.3 is 15.0 Å². The molecule has 0 unspecified atom stereocenters. The van der Waals surface area contributed by atoms with E-state index in [1.54, 1.807) is 18.3 Å². The summed E-state index contributed by atoms with van der Waals surface area (Å²) < 4.78 is 35.1. The van der Waals surface area contributed by atoms with Gasteiger partial charge in [0.05, 0.1) is 26.7 Å². The van der Waals surface area contributed by atoms with Gasteiger partial charge in [0.25, 0.3) is 0 Å². The van der Waals surface area contributed by atoms with Gasteiger partial charge in [-0.3, -0.25) is 0 Å². The SMILES string of the molecule is CC1(C)C(/C=C/C=C/Nc2ccccc2)=[N+](CCCS(=O)(=O)[O-])c2cccc(C(=O)O)c21. The maximum Gasteiger partial charge on any atom is 0.336 e. The lowest BCUT2D eigenvalue weighted by atomic mass is 9.79. The van der Waals surface area contributed by atoms with Crippen LogP contribution in [0, 0.1) is 0 Å². The quantitative estimate of drug-likeness (QED) is 0.338. The van der Waals surface area contributed by atoms with Gasteiger partial charge in [0.2, 0.25) is 5.69 Å². The molecule has 0 radical (unpaired) electrons. The summed E-state index contributed by atoms with van der Waals surface area (Å²) in [5, 5.41) is 12.9. The van der Waals surface area contributed by atoms with Gasteiger partial charge in [-0.2, -0.15) is 4.58 Å². The molecule has 0 atom stereocenters. The monoisotopic (exact) mass is 454 g/mol. The number of nitrogens with one attached hydrogen (secondary N) is 1. The Morgan fingerprint density at radius 3 is 2.50 bits per heavy atom. The summed E-state index contributed by atoms with van der Waals surface area (Å²) in [7, 11) is -4.33. The van der Waals surface area contributed by atoms with Crippen molar-refractivity contribution >= 4 is 33.2 Å². The van der Waals surface area contributed by atoms with Crippen molar-refractivity contribution in [3.05, 3.63) is 84.1 Å². The number of para-hydroxylation sites is 1. The molecule has 1 heterocycles. The lowest BCUT2D eigenvalue weighted by molar-refractivity contribution is -0.437. The second-order valence-corrected chi connectivity index (χ2v) is 9.53. The summed E-state index contributed by atoms with van der Waals surface area (Å²) in [5.41, 5.74) is 2.74. The summed E-state index contributed by atoms with van der Waals surface area (Å²) in [5.74, 6) is -1.50.